The lowest BCUT2D eigenvalue weighted by Crippen LogP contribution is -2.43. The van der Waals surface area contributed by atoms with Gasteiger partial charge in [0.25, 0.3) is 5.91 Å². The first-order valence-corrected chi connectivity index (χ1v) is 10.1. The predicted octanol–water partition coefficient (Wildman–Crippen LogP) is 4.34. The summed E-state index contributed by atoms with van der Waals surface area (Å²) in [5.74, 6) is 0.693. The lowest BCUT2D eigenvalue weighted by molar-refractivity contribution is 0.0827. The van der Waals surface area contributed by atoms with Gasteiger partial charge in [-0.05, 0) is 35.4 Å². The van der Waals surface area contributed by atoms with Crippen molar-refractivity contribution in [1.29, 1.82) is 0 Å². The second-order valence-electron chi connectivity index (χ2n) is 7.69. The Kier molecular flexibility index (Phi) is 7.94. The Bertz CT molecular complexity index is 877. The molecule has 0 spiro atoms. The Morgan fingerprint density at radius 1 is 1.03 bits per heavy atom. The lowest BCUT2D eigenvalue weighted by atomic mass is 9.84. The number of carbonyl (C=O) groups is 1. The number of hydrogen-bond acceptors (Lipinski definition) is 2. The summed E-state index contributed by atoms with van der Waals surface area (Å²) in [6.07, 6.45) is 0. The maximum absolute atomic E-state index is 12.0. The first-order chi connectivity index (χ1) is 13.6. The average molecular weight is 435 g/mol. The number of hydrogen-bond donors (Lipinski definition) is 2. The Labute approximate surface area is 183 Å². The number of aliphatic imine (C=N–C) groups is 1. The highest BCUT2D eigenvalue weighted by atomic mass is 35.5. The van der Waals surface area contributed by atoms with Crippen LogP contribution in [0.3, 0.4) is 0 Å². The molecule has 2 N–H and O–H groups in total. The zero-order valence-corrected chi connectivity index (χ0v) is 19.0. The lowest BCUT2D eigenvalue weighted by Gasteiger charge is -2.27. The molecule has 0 atom stereocenters. The molecule has 2 rings (SSSR count). The van der Waals surface area contributed by atoms with Crippen molar-refractivity contribution < 1.29 is 4.79 Å². The third-order valence-corrected chi connectivity index (χ3v) is 5.43. The first-order valence-electron chi connectivity index (χ1n) is 9.34. The highest BCUT2D eigenvalue weighted by Crippen LogP contribution is 2.29. The topological polar surface area (TPSA) is 56.7 Å². The van der Waals surface area contributed by atoms with Gasteiger partial charge in [-0.15, -0.1) is 0 Å². The zero-order chi connectivity index (χ0) is 21.6. The summed E-state index contributed by atoms with van der Waals surface area (Å²) >= 11 is 12.2. The van der Waals surface area contributed by atoms with Crippen LogP contribution in [0.4, 0.5) is 0 Å². The molecule has 0 aliphatic carbocycles. The van der Waals surface area contributed by atoms with Crippen LogP contribution in [-0.4, -0.2) is 44.5 Å². The van der Waals surface area contributed by atoms with Gasteiger partial charge in [-0.2, -0.15) is 0 Å². The molecule has 29 heavy (non-hydrogen) atoms. The molecule has 2 aromatic carbocycles. The van der Waals surface area contributed by atoms with Crippen LogP contribution in [0.15, 0.2) is 47.5 Å². The highest BCUT2D eigenvalue weighted by Gasteiger charge is 2.22. The van der Waals surface area contributed by atoms with E-state index in [2.05, 4.69) is 29.5 Å². The van der Waals surface area contributed by atoms with E-state index in [0.717, 1.165) is 11.1 Å². The summed E-state index contributed by atoms with van der Waals surface area (Å²) < 4.78 is 0. The fraction of sp³-hybridized carbons (Fsp3) is 0.364. The smallest absolute Gasteiger partial charge is 0.253 e. The Balaban J connectivity index is 1.93. The Morgan fingerprint density at radius 3 is 2.24 bits per heavy atom. The van der Waals surface area contributed by atoms with Crippen molar-refractivity contribution in [3.8, 4) is 0 Å². The van der Waals surface area contributed by atoms with E-state index in [0.29, 0.717) is 34.7 Å². The molecular weight excluding hydrogens is 407 g/mol. The maximum Gasteiger partial charge on any atom is 0.253 e. The van der Waals surface area contributed by atoms with E-state index in [4.69, 9.17) is 23.2 Å². The molecule has 0 saturated heterocycles. The molecule has 0 unspecified atom stereocenters. The zero-order valence-electron chi connectivity index (χ0n) is 17.5. The number of guanidine groups is 1. The van der Waals surface area contributed by atoms with Crippen molar-refractivity contribution in [2.45, 2.75) is 25.8 Å². The van der Waals surface area contributed by atoms with E-state index in [9.17, 15) is 4.79 Å². The summed E-state index contributed by atoms with van der Waals surface area (Å²) in [4.78, 5) is 17.8. The van der Waals surface area contributed by atoms with Crippen LogP contribution in [-0.2, 0) is 12.0 Å². The fourth-order valence-corrected chi connectivity index (χ4v) is 3.05. The van der Waals surface area contributed by atoms with Gasteiger partial charge in [0, 0.05) is 45.2 Å². The van der Waals surface area contributed by atoms with Crippen molar-refractivity contribution in [2.75, 3.05) is 27.7 Å². The van der Waals surface area contributed by atoms with Gasteiger partial charge in [0.1, 0.15) is 0 Å². The van der Waals surface area contributed by atoms with Gasteiger partial charge in [0.05, 0.1) is 10.0 Å². The minimum absolute atomic E-state index is 0.00785. The highest BCUT2D eigenvalue weighted by molar-refractivity contribution is 6.42. The van der Waals surface area contributed by atoms with Gasteiger partial charge < -0.3 is 15.5 Å². The second-order valence-corrected chi connectivity index (χ2v) is 8.50. The maximum atomic E-state index is 12.0. The third-order valence-electron chi connectivity index (χ3n) is 4.69. The average Bonchev–Trinajstić information content (AvgIpc) is 2.69. The van der Waals surface area contributed by atoms with E-state index in [-0.39, 0.29) is 11.3 Å². The molecule has 2 aromatic rings. The normalized spacial score (nSPS) is 11.9. The van der Waals surface area contributed by atoms with E-state index in [1.807, 2.05) is 42.5 Å². The van der Waals surface area contributed by atoms with Crippen molar-refractivity contribution in [3.05, 3.63) is 69.2 Å². The van der Waals surface area contributed by atoms with Gasteiger partial charge in [0.15, 0.2) is 5.96 Å². The second kappa shape index (κ2) is 9.99. The van der Waals surface area contributed by atoms with E-state index in [1.165, 1.54) is 0 Å². The number of rotatable bonds is 6. The van der Waals surface area contributed by atoms with Crippen molar-refractivity contribution in [3.63, 3.8) is 0 Å². The van der Waals surface area contributed by atoms with Gasteiger partial charge in [-0.3, -0.25) is 9.79 Å². The van der Waals surface area contributed by atoms with Gasteiger partial charge in [-0.25, -0.2) is 0 Å². The van der Waals surface area contributed by atoms with Crippen LogP contribution in [0.25, 0.3) is 0 Å². The summed E-state index contributed by atoms with van der Waals surface area (Å²) in [7, 11) is 5.22. The molecular formula is C22H28Cl2N4O. The van der Waals surface area contributed by atoms with Crippen LogP contribution in [0.5, 0.6) is 0 Å². The third kappa shape index (κ3) is 6.38. The minimum atomic E-state index is -0.167. The predicted molar refractivity (Wildman–Crippen MR) is 122 cm³/mol. The van der Waals surface area contributed by atoms with Crippen LogP contribution in [0.2, 0.25) is 10.0 Å². The number of benzene rings is 2. The number of nitrogens with one attached hydrogen (secondary N) is 2. The van der Waals surface area contributed by atoms with E-state index >= 15 is 0 Å². The molecule has 0 aliphatic heterocycles. The molecule has 0 heterocycles. The van der Waals surface area contributed by atoms with Crippen LogP contribution in [0, 0.1) is 0 Å². The summed E-state index contributed by atoms with van der Waals surface area (Å²) in [5, 5.41) is 7.76. The summed E-state index contributed by atoms with van der Waals surface area (Å²) in [6, 6.07) is 13.3. The molecule has 7 heteroatoms. The quantitative estimate of drug-likeness (QED) is 0.525. The monoisotopic (exact) mass is 434 g/mol. The number of nitrogens with zero attached hydrogens (tertiary/aromatic N) is 2. The minimum Gasteiger partial charge on any atom is -0.356 e. The van der Waals surface area contributed by atoms with Gasteiger partial charge >= 0.3 is 0 Å². The molecule has 0 aromatic heterocycles. The summed E-state index contributed by atoms with van der Waals surface area (Å²) in [6.45, 7) is 5.53. The van der Waals surface area contributed by atoms with Crippen molar-refractivity contribution in [2.24, 2.45) is 4.99 Å². The van der Waals surface area contributed by atoms with E-state index < -0.39 is 0 Å². The molecule has 5 nitrogen and oxygen atoms in total. The largest absolute Gasteiger partial charge is 0.356 e. The van der Waals surface area contributed by atoms with Crippen LogP contribution >= 0.6 is 23.2 Å². The van der Waals surface area contributed by atoms with Crippen molar-refractivity contribution >= 4 is 35.1 Å². The fourth-order valence-electron chi connectivity index (χ4n) is 2.75. The Morgan fingerprint density at radius 2 is 1.69 bits per heavy atom. The molecule has 0 fully saturated rings. The van der Waals surface area contributed by atoms with Crippen molar-refractivity contribution in [1.82, 2.24) is 15.5 Å². The number of carbonyl (C=O) groups excluding carboxylic acids is 1. The molecule has 0 radical (unpaired) electrons. The van der Waals surface area contributed by atoms with E-state index in [1.54, 1.807) is 26.0 Å². The number of halogens is 2. The van der Waals surface area contributed by atoms with Gasteiger partial charge in [0.2, 0.25) is 0 Å². The Hall–Kier alpha value is -2.24. The SMILES string of the molecule is CN=C(NCc1ccc(C(=O)N(C)C)cc1)NCC(C)(C)c1ccc(Cl)c(Cl)c1. The molecule has 0 bridgehead atoms. The molecule has 0 saturated carbocycles. The van der Waals surface area contributed by atoms with Crippen LogP contribution in [0.1, 0.15) is 35.3 Å². The summed E-state index contributed by atoms with van der Waals surface area (Å²) in [5.41, 5.74) is 2.66. The molecule has 156 valence electrons. The first kappa shape index (κ1) is 23.0. The molecule has 1 amide bonds. The standard InChI is InChI=1S/C22H28Cl2N4O/c1-22(2,17-10-11-18(23)19(24)12-17)14-27-21(25-3)26-13-15-6-8-16(9-7-15)20(29)28(4)5/h6-12H,13-14H2,1-5H3,(H2,25,26,27). The molecule has 0 aliphatic rings. The number of amides is 1. The van der Waals surface area contributed by atoms with Crippen LogP contribution < -0.4 is 10.6 Å². The van der Waals surface area contributed by atoms with Gasteiger partial charge in [-0.1, -0.05) is 55.2 Å².